The molecular weight excluding hydrogens is 232 g/mol. The topological polar surface area (TPSA) is 9.23 Å². The molecule has 0 atom stereocenters. The molecule has 0 spiro atoms. The molecule has 1 saturated carbocycles. The summed E-state index contributed by atoms with van der Waals surface area (Å²) >= 11 is 0. The van der Waals surface area contributed by atoms with Gasteiger partial charge >= 0.3 is 0 Å². The zero-order valence-corrected chi connectivity index (χ0v) is 12.9. The predicted octanol–water partition coefficient (Wildman–Crippen LogP) is 5.92. The SMILES string of the molecule is C=C(C)Oc1ccc(C2CCC(C)CC2)cc1.CC. The maximum absolute atomic E-state index is 5.48. The van der Waals surface area contributed by atoms with Gasteiger partial charge in [0.1, 0.15) is 5.75 Å². The minimum atomic E-state index is 0.740. The van der Waals surface area contributed by atoms with Crippen LogP contribution in [0.2, 0.25) is 0 Å². The van der Waals surface area contributed by atoms with Crippen molar-refractivity contribution in [2.24, 2.45) is 5.92 Å². The van der Waals surface area contributed by atoms with Crippen molar-refractivity contribution in [3.05, 3.63) is 42.2 Å². The first kappa shape index (κ1) is 15.8. The molecule has 1 aromatic rings. The van der Waals surface area contributed by atoms with Gasteiger partial charge < -0.3 is 4.74 Å². The molecule has 1 heteroatoms. The van der Waals surface area contributed by atoms with Crippen molar-refractivity contribution in [3.63, 3.8) is 0 Å². The third kappa shape index (κ3) is 5.10. The Morgan fingerprint density at radius 2 is 1.58 bits per heavy atom. The summed E-state index contributed by atoms with van der Waals surface area (Å²) < 4.78 is 5.48. The molecule has 106 valence electrons. The maximum Gasteiger partial charge on any atom is 0.126 e. The highest BCUT2D eigenvalue weighted by molar-refractivity contribution is 5.30. The maximum atomic E-state index is 5.48. The molecule has 2 rings (SSSR count). The molecule has 0 saturated heterocycles. The van der Waals surface area contributed by atoms with E-state index < -0.39 is 0 Å². The first-order valence-electron chi connectivity index (χ1n) is 7.58. The monoisotopic (exact) mass is 260 g/mol. The van der Waals surface area contributed by atoms with Gasteiger partial charge in [-0.15, -0.1) is 0 Å². The summed E-state index contributed by atoms with van der Waals surface area (Å²) in [4.78, 5) is 0. The Morgan fingerprint density at radius 3 is 2.05 bits per heavy atom. The van der Waals surface area contributed by atoms with E-state index in [1.165, 1.54) is 31.2 Å². The van der Waals surface area contributed by atoms with Gasteiger partial charge in [-0.05, 0) is 49.3 Å². The van der Waals surface area contributed by atoms with E-state index in [9.17, 15) is 0 Å². The fraction of sp³-hybridized carbons (Fsp3) is 0.556. The van der Waals surface area contributed by atoms with Gasteiger partial charge in [-0.1, -0.05) is 52.3 Å². The van der Waals surface area contributed by atoms with Crippen LogP contribution < -0.4 is 4.74 Å². The second-order valence-corrected chi connectivity index (χ2v) is 5.33. The van der Waals surface area contributed by atoms with E-state index >= 15 is 0 Å². The highest BCUT2D eigenvalue weighted by Crippen LogP contribution is 2.35. The van der Waals surface area contributed by atoms with E-state index in [1.807, 2.05) is 20.8 Å². The molecule has 1 aliphatic rings. The van der Waals surface area contributed by atoms with Crippen LogP contribution in [-0.4, -0.2) is 0 Å². The molecule has 1 nitrogen and oxygen atoms in total. The van der Waals surface area contributed by atoms with Crippen molar-refractivity contribution in [1.29, 1.82) is 0 Å². The third-order valence-electron chi connectivity index (χ3n) is 3.66. The van der Waals surface area contributed by atoms with Crippen LogP contribution >= 0.6 is 0 Å². The number of allylic oxidation sites excluding steroid dienone is 1. The minimum Gasteiger partial charge on any atom is -0.463 e. The van der Waals surface area contributed by atoms with Gasteiger partial charge in [0.25, 0.3) is 0 Å². The van der Waals surface area contributed by atoms with Crippen LogP contribution in [0.15, 0.2) is 36.6 Å². The van der Waals surface area contributed by atoms with Crippen LogP contribution in [-0.2, 0) is 0 Å². The molecule has 0 aromatic heterocycles. The van der Waals surface area contributed by atoms with E-state index in [0.29, 0.717) is 0 Å². The minimum absolute atomic E-state index is 0.740. The average Bonchev–Trinajstić information content (AvgIpc) is 2.42. The lowest BCUT2D eigenvalue weighted by Gasteiger charge is -2.26. The molecule has 0 bridgehead atoms. The Morgan fingerprint density at radius 1 is 1.05 bits per heavy atom. The summed E-state index contributed by atoms with van der Waals surface area (Å²) in [5, 5.41) is 0. The van der Waals surface area contributed by atoms with E-state index in [-0.39, 0.29) is 0 Å². The third-order valence-corrected chi connectivity index (χ3v) is 3.66. The normalized spacial score (nSPS) is 22.1. The fourth-order valence-corrected chi connectivity index (χ4v) is 2.60. The van der Waals surface area contributed by atoms with Crippen molar-refractivity contribution >= 4 is 0 Å². The zero-order valence-electron chi connectivity index (χ0n) is 12.9. The molecule has 19 heavy (non-hydrogen) atoms. The van der Waals surface area contributed by atoms with Gasteiger partial charge in [-0.2, -0.15) is 0 Å². The molecule has 1 aliphatic carbocycles. The summed E-state index contributed by atoms with van der Waals surface area (Å²) in [5.41, 5.74) is 1.46. The average molecular weight is 260 g/mol. The van der Waals surface area contributed by atoms with Crippen molar-refractivity contribution in [1.82, 2.24) is 0 Å². The molecule has 1 aromatic carbocycles. The molecular formula is C18H28O. The summed E-state index contributed by atoms with van der Waals surface area (Å²) in [6.07, 6.45) is 5.41. The first-order chi connectivity index (χ1) is 9.15. The molecule has 0 aliphatic heterocycles. The Kier molecular flexibility index (Phi) is 6.69. The molecule has 0 amide bonds. The number of hydrogen-bond donors (Lipinski definition) is 0. The summed E-state index contributed by atoms with van der Waals surface area (Å²) in [6, 6.07) is 8.53. The lowest BCUT2D eigenvalue weighted by Crippen LogP contribution is -2.10. The lowest BCUT2D eigenvalue weighted by molar-refractivity contribution is 0.347. The number of hydrogen-bond acceptors (Lipinski definition) is 1. The van der Waals surface area contributed by atoms with E-state index in [4.69, 9.17) is 4.74 Å². The number of ether oxygens (including phenoxy) is 1. The van der Waals surface area contributed by atoms with Crippen LogP contribution in [0.1, 0.15) is 64.9 Å². The van der Waals surface area contributed by atoms with Crippen LogP contribution in [0.5, 0.6) is 5.75 Å². The van der Waals surface area contributed by atoms with Crippen LogP contribution in [0.25, 0.3) is 0 Å². The second kappa shape index (κ2) is 8.04. The van der Waals surface area contributed by atoms with Gasteiger partial charge in [-0.25, -0.2) is 0 Å². The van der Waals surface area contributed by atoms with Gasteiger partial charge in [0, 0.05) is 0 Å². The van der Waals surface area contributed by atoms with Gasteiger partial charge in [0.2, 0.25) is 0 Å². The van der Waals surface area contributed by atoms with E-state index in [2.05, 4.69) is 37.8 Å². The van der Waals surface area contributed by atoms with Crippen molar-refractivity contribution in [2.45, 2.75) is 59.3 Å². The second-order valence-electron chi connectivity index (χ2n) is 5.33. The van der Waals surface area contributed by atoms with Crippen LogP contribution in [0, 0.1) is 5.92 Å². The molecule has 1 fully saturated rings. The summed E-state index contributed by atoms with van der Waals surface area (Å²) in [6.45, 7) is 12.0. The van der Waals surface area contributed by atoms with Gasteiger partial charge in [0.15, 0.2) is 0 Å². The quantitative estimate of drug-likeness (QED) is 0.613. The largest absolute Gasteiger partial charge is 0.463 e. The highest BCUT2D eigenvalue weighted by atomic mass is 16.5. The lowest BCUT2D eigenvalue weighted by atomic mass is 9.79. The van der Waals surface area contributed by atoms with Crippen LogP contribution in [0.4, 0.5) is 0 Å². The number of benzene rings is 1. The van der Waals surface area contributed by atoms with Gasteiger partial charge in [-0.3, -0.25) is 0 Å². The van der Waals surface area contributed by atoms with Crippen LogP contribution in [0.3, 0.4) is 0 Å². The van der Waals surface area contributed by atoms with Crippen molar-refractivity contribution < 1.29 is 4.74 Å². The molecule has 0 heterocycles. The van der Waals surface area contributed by atoms with Gasteiger partial charge in [0.05, 0.1) is 5.76 Å². The molecule has 0 radical (unpaired) electrons. The standard InChI is InChI=1S/C16H22O.C2H6/c1-12(2)17-16-10-8-15(9-11-16)14-6-4-13(3)5-7-14;1-2/h8-11,13-14H,1,4-7H2,2-3H3;1-2H3. The van der Waals surface area contributed by atoms with E-state index in [1.54, 1.807) is 0 Å². The van der Waals surface area contributed by atoms with E-state index in [0.717, 1.165) is 23.3 Å². The Labute approximate surface area is 118 Å². The molecule has 0 unspecified atom stereocenters. The summed E-state index contributed by atoms with van der Waals surface area (Å²) in [5.74, 6) is 3.30. The fourth-order valence-electron chi connectivity index (χ4n) is 2.60. The predicted molar refractivity (Wildman–Crippen MR) is 83.6 cm³/mol. The first-order valence-corrected chi connectivity index (χ1v) is 7.58. The zero-order chi connectivity index (χ0) is 14.3. The van der Waals surface area contributed by atoms with Crippen molar-refractivity contribution in [3.8, 4) is 5.75 Å². The molecule has 0 N–H and O–H groups in total. The number of rotatable bonds is 3. The Hall–Kier alpha value is -1.24. The Balaban J connectivity index is 0.000000861. The van der Waals surface area contributed by atoms with Crippen molar-refractivity contribution in [2.75, 3.05) is 0 Å². The smallest absolute Gasteiger partial charge is 0.126 e. The Bertz CT molecular complexity index is 369. The summed E-state index contributed by atoms with van der Waals surface area (Å²) in [7, 11) is 0. The highest BCUT2D eigenvalue weighted by Gasteiger charge is 2.19.